The van der Waals surface area contributed by atoms with Crippen LogP contribution in [0.4, 0.5) is 0 Å². The van der Waals surface area contributed by atoms with Gasteiger partial charge in [-0.3, -0.25) is 4.68 Å². The van der Waals surface area contributed by atoms with Gasteiger partial charge in [0.05, 0.1) is 11.4 Å². The summed E-state index contributed by atoms with van der Waals surface area (Å²) in [6, 6.07) is 2.21. The van der Waals surface area contributed by atoms with Crippen molar-refractivity contribution in [2.24, 2.45) is 12.5 Å². The Labute approximate surface area is 105 Å². The van der Waals surface area contributed by atoms with Crippen LogP contribution in [0.15, 0.2) is 6.07 Å². The van der Waals surface area contributed by atoms with Gasteiger partial charge in [0.1, 0.15) is 0 Å². The Balaban J connectivity index is 1.83. The van der Waals surface area contributed by atoms with Crippen LogP contribution in [-0.4, -0.2) is 16.3 Å². The van der Waals surface area contributed by atoms with Crippen molar-refractivity contribution in [1.82, 2.24) is 15.1 Å². The standard InChI is InChI=1S/C14H25N3/c1-4-12-9-13(17(3)16-12)10-15-11-14(2)7-5-6-8-14/h9,15H,4-8,10-11H2,1-3H3. The molecule has 1 aromatic heterocycles. The van der Waals surface area contributed by atoms with Crippen molar-refractivity contribution in [3.63, 3.8) is 0 Å². The molecule has 0 aliphatic heterocycles. The number of aryl methyl sites for hydroxylation is 2. The zero-order chi connectivity index (χ0) is 12.3. The summed E-state index contributed by atoms with van der Waals surface area (Å²) in [7, 11) is 2.04. The van der Waals surface area contributed by atoms with Crippen LogP contribution in [0, 0.1) is 5.41 Å². The van der Waals surface area contributed by atoms with Crippen LogP contribution in [0.5, 0.6) is 0 Å². The van der Waals surface area contributed by atoms with E-state index in [2.05, 4.69) is 30.3 Å². The first-order valence-corrected chi connectivity index (χ1v) is 6.85. The lowest BCUT2D eigenvalue weighted by molar-refractivity contribution is 0.313. The first kappa shape index (κ1) is 12.6. The molecule has 0 spiro atoms. The molecule has 96 valence electrons. The van der Waals surface area contributed by atoms with E-state index >= 15 is 0 Å². The van der Waals surface area contributed by atoms with Gasteiger partial charge in [-0.05, 0) is 30.7 Å². The first-order valence-electron chi connectivity index (χ1n) is 6.85. The molecule has 0 bridgehead atoms. The fraction of sp³-hybridized carbons (Fsp3) is 0.786. The summed E-state index contributed by atoms with van der Waals surface area (Å²) in [6.45, 7) is 6.64. The molecule has 3 nitrogen and oxygen atoms in total. The molecule has 2 rings (SSSR count). The Bertz CT molecular complexity index is 362. The fourth-order valence-corrected chi connectivity index (χ4v) is 2.81. The zero-order valence-electron chi connectivity index (χ0n) is 11.4. The monoisotopic (exact) mass is 235 g/mol. The number of nitrogens with one attached hydrogen (secondary N) is 1. The molecule has 1 saturated carbocycles. The lowest BCUT2D eigenvalue weighted by Crippen LogP contribution is -2.29. The van der Waals surface area contributed by atoms with E-state index in [4.69, 9.17) is 0 Å². The van der Waals surface area contributed by atoms with Crippen molar-refractivity contribution in [2.45, 2.75) is 52.5 Å². The van der Waals surface area contributed by atoms with E-state index in [0.717, 1.165) is 19.5 Å². The van der Waals surface area contributed by atoms with Crippen LogP contribution in [0.3, 0.4) is 0 Å². The normalized spacial score (nSPS) is 18.8. The van der Waals surface area contributed by atoms with Crippen molar-refractivity contribution >= 4 is 0 Å². The summed E-state index contributed by atoms with van der Waals surface area (Å²) in [5, 5.41) is 8.08. The maximum absolute atomic E-state index is 4.47. The van der Waals surface area contributed by atoms with Gasteiger partial charge in [-0.15, -0.1) is 0 Å². The van der Waals surface area contributed by atoms with Crippen molar-refractivity contribution in [1.29, 1.82) is 0 Å². The molecule has 1 N–H and O–H groups in total. The highest BCUT2D eigenvalue weighted by Gasteiger charge is 2.27. The molecule has 0 saturated heterocycles. The molecule has 1 heterocycles. The number of hydrogen-bond acceptors (Lipinski definition) is 2. The molecular formula is C14H25N3. The van der Waals surface area contributed by atoms with Gasteiger partial charge in [0.2, 0.25) is 0 Å². The second-order valence-electron chi connectivity index (χ2n) is 5.73. The van der Waals surface area contributed by atoms with Crippen molar-refractivity contribution < 1.29 is 0 Å². The summed E-state index contributed by atoms with van der Waals surface area (Å²) in [5.41, 5.74) is 3.02. The summed E-state index contributed by atoms with van der Waals surface area (Å²) >= 11 is 0. The van der Waals surface area contributed by atoms with Gasteiger partial charge in [-0.1, -0.05) is 26.7 Å². The molecule has 17 heavy (non-hydrogen) atoms. The summed E-state index contributed by atoms with van der Waals surface area (Å²) in [6.07, 6.45) is 6.59. The molecule has 0 radical (unpaired) electrons. The molecule has 0 atom stereocenters. The van der Waals surface area contributed by atoms with E-state index < -0.39 is 0 Å². The van der Waals surface area contributed by atoms with E-state index in [1.165, 1.54) is 37.1 Å². The molecule has 1 fully saturated rings. The molecule has 3 heteroatoms. The fourth-order valence-electron chi connectivity index (χ4n) is 2.81. The Kier molecular flexibility index (Phi) is 3.87. The number of nitrogens with zero attached hydrogens (tertiary/aromatic N) is 2. The van der Waals surface area contributed by atoms with Gasteiger partial charge in [-0.2, -0.15) is 5.10 Å². The largest absolute Gasteiger partial charge is 0.311 e. The van der Waals surface area contributed by atoms with Crippen LogP contribution in [-0.2, 0) is 20.0 Å². The predicted molar refractivity (Wildman–Crippen MR) is 70.9 cm³/mol. The van der Waals surface area contributed by atoms with Gasteiger partial charge < -0.3 is 5.32 Å². The van der Waals surface area contributed by atoms with Crippen LogP contribution in [0.1, 0.15) is 50.9 Å². The van der Waals surface area contributed by atoms with E-state index in [0.29, 0.717) is 5.41 Å². The lowest BCUT2D eigenvalue weighted by atomic mass is 9.89. The van der Waals surface area contributed by atoms with E-state index in [1.807, 2.05) is 11.7 Å². The van der Waals surface area contributed by atoms with Crippen LogP contribution >= 0.6 is 0 Å². The Morgan fingerprint density at radius 2 is 2.12 bits per heavy atom. The minimum atomic E-state index is 0.534. The highest BCUT2D eigenvalue weighted by Crippen LogP contribution is 2.36. The van der Waals surface area contributed by atoms with Gasteiger partial charge in [0.25, 0.3) is 0 Å². The molecular weight excluding hydrogens is 210 g/mol. The maximum atomic E-state index is 4.47. The second-order valence-corrected chi connectivity index (χ2v) is 5.73. The average Bonchev–Trinajstić information content (AvgIpc) is 2.87. The Morgan fingerprint density at radius 1 is 1.41 bits per heavy atom. The highest BCUT2D eigenvalue weighted by atomic mass is 15.3. The number of rotatable bonds is 5. The summed E-state index contributed by atoms with van der Waals surface area (Å²) < 4.78 is 2.00. The lowest BCUT2D eigenvalue weighted by Gasteiger charge is -2.23. The first-order chi connectivity index (χ1) is 8.13. The topological polar surface area (TPSA) is 29.9 Å². The van der Waals surface area contributed by atoms with Gasteiger partial charge in [0.15, 0.2) is 0 Å². The second kappa shape index (κ2) is 5.21. The van der Waals surface area contributed by atoms with E-state index in [1.54, 1.807) is 0 Å². The third-order valence-corrected chi connectivity index (χ3v) is 4.06. The number of hydrogen-bond donors (Lipinski definition) is 1. The highest BCUT2D eigenvalue weighted by molar-refractivity contribution is 5.09. The molecule has 0 amide bonds. The van der Waals surface area contributed by atoms with Crippen molar-refractivity contribution in [3.05, 3.63) is 17.5 Å². The van der Waals surface area contributed by atoms with Gasteiger partial charge in [0, 0.05) is 20.1 Å². The van der Waals surface area contributed by atoms with E-state index in [-0.39, 0.29) is 0 Å². The molecule has 1 aliphatic carbocycles. The molecule has 0 aromatic carbocycles. The Morgan fingerprint density at radius 3 is 2.71 bits per heavy atom. The quantitative estimate of drug-likeness (QED) is 0.850. The third-order valence-electron chi connectivity index (χ3n) is 4.06. The number of aromatic nitrogens is 2. The zero-order valence-corrected chi connectivity index (χ0v) is 11.4. The molecule has 1 aromatic rings. The summed E-state index contributed by atoms with van der Waals surface area (Å²) in [5.74, 6) is 0. The van der Waals surface area contributed by atoms with Gasteiger partial charge in [-0.25, -0.2) is 0 Å². The van der Waals surface area contributed by atoms with Crippen molar-refractivity contribution in [2.75, 3.05) is 6.54 Å². The average molecular weight is 235 g/mol. The predicted octanol–water partition coefficient (Wildman–Crippen LogP) is 2.65. The van der Waals surface area contributed by atoms with Crippen molar-refractivity contribution in [3.8, 4) is 0 Å². The van der Waals surface area contributed by atoms with E-state index in [9.17, 15) is 0 Å². The minimum Gasteiger partial charge on any atom is -0.311 e. The molecule has 1 aliphatic rings. The smallest absolute Gasteiger partial charge is 0.0625 e. The van der Waals surface area contributed by atoms with Crippen LogP contribution in [0.2, 0.25) is 0 Å². The Hall–Kier alpha value is -0.830. The maximum Gasteiger partial charge on any atom is 0.0625 e. The molecule has 0 unspecified atom stereocenters. The minimum absolute atomic E-state index is 0.534. The third kappa shape index (κ3) is 3.09. The van der Waals surface area contributed by atoms with Crippen LogP contribution < -0.4 is 5.32 Å². The van der Waals surface area contributed by atoms with Gasteiger partial charge >= 0.3 is 0 Å². The SMILES string of the molecule is CCc1cc(CNCC2(C)CCCC2)n(C)n1. The summed E-state index contributed by atoms with van der Waals surface area (Å²) in [4.78, 5) is 0. The van der Waals surface area contributed by atoms with Crippen LogP contribution in [0.25, 0.3) is 0 Å².